The van der Waals surface area contributed by atoms with Crippen LogP contribution >= 0.6 is 0 Å². The van der Waals surface area contributed by atoms with E-state index in [4.69, 9.17) is 4.74 Å². The zero-order valence-electron chi connectivity index (χ0n) is 14.0. The number of carbonyl (C=O) groups is 1. The fraction of sp³-hybridized carbons (Fsp3) is 0.158. The fourth-order valence-corrected chi connectivity index (χ4v) is 2.27. The van der Waals surface area contributed by atoms with E-state index in [0.717, 1.165) is 5.56 Å². The average Bonchev–Trinajstić information content (AvgIpc) is 2.69. The van der Waals surface area contributed by atoms with Gasteiger partial charge in [0, 0.05) is 25.0 Å². The summed E-state index contributed by atoms with van der Waals surface area (Å²) in [6.07, 6.45) is 3.34. The highest BCUT2D eigenvalue weighted by Gasteiger charge is 2.09. The zero-order valence-corrected chi connectivity index (χ0v) is 14.0. The summed E-state index contributed by atoms with van der Waals surface area (Å²) in [4.78, 5) is 28.2. The predicted octanol–water partition coefficient (Wildman–Crippen LogP) is 1.65. The molecule has 0 atom stereocenters. The second-order valence-corrected chi connectivity index (χ2v) is 5.49. The van der Waals surface area contributed by atoms with Gasteiger partial charge in [0.25, 0.3) is 11.5 Å². The molecule has 0 aliphatic heterocycles. The molecule has 2 aromatic heterocycles. The van der Waals surface area contributed by atoms with E-state index in [-0.39, 0.29) is 30.3 Å². The number of hydrogen-bond acceptors (Lipinski definition) is 5. The van der Waals surface area contributed by atoms with Gasteiger partial charge in [-0.3, -0.25) is 14.6 Å². The van der Waals surface area contributed by atoms with Gasteiger partial charge in [-0.2, -0.15) is 5.10 Å². The highest BCUT2D eigenvalue weighted by atomic mass is 16.5. The van der Waals surface area contributed by atoms with E-state index < -0.39 is 0 Å². The third kappa shape index (κ3) is 4.76. The molecule has 0 radical (unpaired) electrons. The highest BCUT2D eigenvalue weighted by Crippen LogP contribution is 2.07. The van der Waals surface area contributed by atoms with Crippen LogP contribution in [0.15, 0.2) is 71.8 Å². The van der Waals surface area contributed by atoms with E-state index in [1.807, 2.05) is 36.4 Å². The molecule has 26 heavy (non-hydrogen) atoms. The van der Waals surface area contributed by atoms with Gasteiger partial charge >= 0.3 is 0 Å². The van der Waals surface area contributed by atoms with E-state index in [1.165, 1.54) is 16.8 Å². The topological polar surface area (TPSA) is 86.1 Å². The summed E-state index contributed by atoms with van der Waals surface area (Å²) < 4.78 is 6.79. The van der Waals surface area contributed by atoms with Gasteiger partial charge in [-0.15, -0.1) is 0 Å². The van der Waals surface area contributed by atoms with E-state index in [9.17, 15) is 9.59 Å². The van der Waals surface area contributed by atoms with Gasteiger partial charge < -0.3 is 10.1 Å². The number of ether oxygens (including phenoxy) is 1. The molecule has 0 saturated carbocycles. The molecule has 2 heterocycles. The number of pyridine rings is 1. The number of nitrogens with zero attached hydrogens (tertiary/aromatic N) is 3. The smallest absolute Gasteiger partial charge is 0.271 e. The summed E-state index contributed by atoms with van der Waals surface area (Å²) in [5.41, 5.74) is 0.768. The van der Waals surface area contributed by atoms with Crippen molar-refractivity contribution in [3.05, 3.63) is 88.6 Å². The maximum absolute atomic E-state index is 12.2. The van der Waals surface area contributed by atoms with Crippen LogP contribution in [0.1, 0.15) is 16.1 Å². The summed E-state index contributed by atoms with van der Waals surface area (Å²) in [7, 11) is 0. The first-order valence-corrected chi connectivity index (χ1v) is 8.15. The van der Waals surface area contributed by atoms with Gasteiger partial charge in [0.05, 0.1) is 6.54 Å². The first-order valence-electron chi connectivity index (χ1n) is 8.15. The third-order valence-corrected chi connectivity index (χ3v) is 3.59. The zero-order chi connectivity index (χ0) is 18.2. The van der Waals surface area contributed by atoms with Crippen LogP contribution < -0.4 is 15.6 Å². The van der Waals surface area contributed by atoms with E-state index >= 15 is 0 Å². The van der Waals surface area contributed by atoms with Crippen LogP contribution in [0.25, 0.3) is 0 Å². The first-order chi connectivity index (χ1) is 12.7. The van der Waals surface area contributed by atoms with Crippen molar-refractivity contribution in [2.45, 2.75) is 13.1 Å². The number of hydrogen-bond donors (Lipinski definition) is 1. The van der Waals surface area contributed by atoms with Crippen LogP contribution in [0.3, 0.4) is 0 Å². The Morgan fingerprint density at radius 1 is 1.08 bits per heavy atom. The van der Waals surface area contributed by atoms with Gasteiger partial charge in [-0.1, -0.05) is 24.3 Å². The first kappa shape index (κ1) is 17.3. The minimum absolute atomic E-state index is 0.174. The summed E-state index contributed by atoms with van der Waals surface area (Å²) in [5, 5.41) is 6.87. The lowest BCUT2D eigenvalue weighted by atomic mass is 10.3. The Labute approximate surface area is 150 Å². The van der Waals surface area contributed by atoms with Crippen molar-refractivity contribution in [2.24, 2.45) is 0 Å². The molecular weight excluding hydrogens is 332 g/mol. The molecule has 0 bridgehead atoms. The van der Waals surface area contributed by atoms with Crippen molar-refractivity contribution < 1.29 is 9.53 Å². The molecule has 0 spiro atoms. The van der Waals surface area contributed by atoms with Gasteiger partial charge in [-0.25, -0.2) is 4.68 Å². The van der Waals surface area contributed by atoms with E-state index in [2.05, 4.69) is 15.4 Å². The minimum Gasteiger partial charge on any atom is -0.492 e. The molecule has 7 heteroatoms. The Morgan fingerprint density at radius 3 is 2.69 bits per heavy atom. The molecule has 1 aromatic carbocycles. The van der Waals surface area contributed by atoms with Crippen LogP contribution in [0.4, 0.5) is 0 Å². The summed E-state index contributed by atoms with van der Waals surface area (Å²) in [6, 6.07) is 15.7. The Kier molecular flexibility index (Phi) is 5.72. The van der Waals surface area contributed by atoms with Crippen molar-refractivity contribution in [1.82, 2.24) is 20.1 Å². The Morgan fingerprint density at radius 2 is 1.92 bits per heavy atom. The number of amides is 1. The largest absolute Gasteiger partial charge is 0.492 e. The van der Waals surface area contributed by atoms with Crippen LogP contribution in [0, 0.1) is 0 Å². The van der Waals surface area contributed by atoms with Gasteiger partial charge in [0.15, 0.2) is 0 Å². The number of aromatic nitrogens is 3. The average molecular weight is 350 g/mol. The van der Waals surface area contributed by atoms with Gasteiger partial charge in [-0.05, 0) is 29.8 Å². The maximum Gasteiger partial charge on any atom is 0.271 e. The molecule has 3 aromatic rings. The Hall–Kier alpha value is -3.48. The molecule has 3 rings (SSSR count). The quantitative estimate of drug-likeness (QED) is 0.700. The molecule has 7 nitrogen and oxygen atoms in total. The molecule has 1 N–H and O–H groups in total. The highest BCUT2D eigenvalue weighted by molar-refractivity contribution is 5.91. The third-order valence-electron chi connectivity index (χ3n) is 3.59. The lowest BCUT2D eigenvalue weighted by Crippen LogP contribution is -2.30. The van der Waals surface area contributed by atoms with Crippen molar-refractivity contribution >= 4 is 5.91 Å². The second kappa shape index (κ2) is 8.57. The molecule has 0 aliphatic carbocycles. The lowest BCUT2D eigenvalue weighted by Gasteiger charge is -2.09. The molecule has 1 amide bonds. The lowest BCUT2D eigenvalue weighted by molar-refractivity contribution is 0.0943. The van der Waals surface area contributed by atoms with Gasteiger partial charge in [0.2, 0.25) is 0 Å². The van der Waals surface area contributed by atoms with E-state index in [1.54, 1.807) is 18.5 Å². The fourth-order valence-electron chi connectivity index (χ4n) is 2.27. The van der Waals surface area contributed by atoms with Gasteiger partial charge in [0.1, 0.15) is 18.1 Å². The molecule has 132 valence electrons. The normalized spacial score (nSPS) is 10.3. The summed E-state index contributed by atoms with van der Waals surface area (Å²) >= 11 is 0. The monoisotopic (exact) mass is 350 g/mol. The number of nitrogens with one attached hydrogen (secondary N) is 1. The van der Waals surface area contributed by atoms with E-state index in [0.29, 0.717) is 12.3 Å². The number of para-hydroxylation sites is 1. The van der Waals surface area contributed by atoms with Crippen LogP contribution in [-0.4, -0.2) is 27.3 Å². The predicted molar refractivity (Wildman–Crippen MR) is 95.8 cm³/mol. The van der Waals surface area contributed by atoms with Crippen molar-refractivity contribution in [2.75, 3.05) is 6.61 Å². The van der Waals surface area contributed by atoms with Crippen molar-refractivity contribution in [3.8, 4) is 5.75 Å². The Bertz CT molecular complexity index is 911. The van der Waals surface area contributed by atoms with Crippen LogP contribution in [0.2, 0.25) is 0 Å². The molecular formula is C19H18N4O3. The maximum atomic E-state index is 12.2. The Balaban J connectivity index is 1.59. The minimum atomic E-state index is -0.355. The second-order valence-electron chi connectivity index (χ2n) is 5.49. The molecule has 0 saturated heterocycles. The summed E-state index contributed by atoms with van der Waals surface area (Å²) in [5.74, 6) is 0.359. The number of benzene rings is 1. The molecule has 0 aliphatic rings. The molecule has 0 unspecified atom stereocenters. The SMILES string of the molecule is O=C(NCc1cccnc1)c1ccc(=O)n(CCOc2ccccc2)n1. The number of carbonyl (C=O) groups excluding carboxylic acids is 1. The van der Waals surface area contributed by atoms with Crippen molar-refractivity contribution in [3.63, 3.8) is 0 Å². The van der Waals surface area contributed by atoms with Crippen LogP contribution in [-0.2, 0) is 13.1 Å². The standard InChI is InChI=1S/C19H18N4O3/c24-18-9-8-17(19(25)21-14-15-5-4-10-20-13-15)22-23(18)11-12-26-16-6-2-1-3-7-16/h1-10,13H,11-12,14H2,(H,21,25). The van der Waals surface area contributed by atoms with Crippen LogP contribution in [0.5, 0.6) is 5.75 Å². The molecule has 0 fully saturated rings. The van der Waals surface area contributed by atoms with Crippen molar-refractivity contribution in [1.29, 1.82) is 0 Å². The summed E-state index contributed by atoms with van der Waals surface area (Å²) in [6.45, 7) is 0.861. The number of rotatable bonds is 7.